The Kier molecular flexibility index (Phi) is 3.65. The molecule has 24 atom stereocenters. The summed E-state index contributed by atoms with van der Waals surface area (Å²) in [5.74, 6) is 22.5. The molecule has 24 unspecified atom stereocenters. The van der Waals surface area contributed by atoms with Crippen molar-refractivity contribution < 1.29 is 4.74 Å². The predicted octanol–water partition coefficient (Wildman–Crippen LogP) is 8.53. The topological polar surface area (TPSA) is 12.5 Å². The van der Waals surface area contributed by atoms with E-state index in [0.29, 0.717) is 6.04 Å². The molecule has 1 heterocycles. The summed E-state index contributed by atoms with van der Waals surface area (Å²) in [6.45, 7) is 1.28. The molecule has 256 valence electrons. The fourth-order valence-electron chi connectivity index (χ4n) is 23.6. The van der Waals surface area contributed by atoms with Gasteiger partial charge >= 0.3 is 0 Å². The summed E-state index contributed by atoms with van der Waals surface area (Å²) < 4.78 is 5.75. The Morgan fingerprint density at radius 3 is 2.29 bits per heavy atom. The average Bonchev–Trinajstić information content (AvgIpc) is 3.98. The lowest BCUT2D eigenvalue weighted by molar-refractivity contribution is -0.108. The molecule has 16 aliphatic carbocycles. The van der Waals surface area contributed by atoms with Crippen molar-refractivity contribution in [2.24, 2.45) is 136 Å². The second-order valence-corrected chi connectivity index (χ2v) is 22.6. The van der Waals surface area contributed by atoms with E-state index in [0.717, 1.165) is 136 Å². The average molecular weight is 668 g/mol. The van der Waals surface area contributed by atoms with E-state index in [-0.39, 0.29) is 5.41 Å². The molecule has 1 spiro atoms. The standard InChI is InChI=1S/C49H49NO/c1-50-15-26-25-13-22-11-19-9-20-8-17-7-18-10-21-12-23-14-49(26,48(50)16-3-5-24(51-2)6-4-16)47-33(23)38-32(21)37-28(18)27(17)35-31(20)36-29(19)30(22)39-34(25)46(47)45-43(38)41(37)40(35)42(36)44(39)45/h3-6,8,12,17-19,23,26-29,31-33,35-45,48H,7,9-11,13-15H2,1-2H3. The van der Waals surface area contributed by atoms with Crippen LogP contribution in [0.3, 0.4) is 0 Å². The van der Waals surface area contributed by atoms with Crippen LogP contribution in [0.2, 0.25) is 0 Å². The van der Waals surface area contributed by atoms with Crippen LogP contribution in [0.4, 0.5) is 0 Å². The van der Waals surface area contributed by atoms with Gasteiger partial charge in [0.2, 0.25) is 0 Å². The SMILES string of the molecule is COc1ccc(C2N(C)CC3C4=C5C6=C7C8C(C=C9CC%10CC%11C=C%12CC%13CC(=C%14C5C5C6C6C8C9C8C%10C%11C9C%12C(C%14%13)C5C9C68)C4)CC732)cc1. The molecular formula is C49H49NO. The molecule has 11 fully saturated rings. The molecular weight excluding hydrogens is 619 g/mol. The van der Waals surface area contributed by atoms with Crippen LogP contribution in [0.5, 0.6) is 5.75 Å². The van der Waals surface area contributed by atoms with Gasteiger partial charge in [0.15, 0.2) is 0 Å². The molecule has 1 aromatic rings. The monoisotopic (exact) mass is 667 g/mol. The van der Waals surface area contributed by atoms with Crippen LogP contribution in [-0.4, -0.2) is 25.6 Å². The summed E-state index contributed by atoms with van der Waals surface area (Å²) in [7, 11) is 4.38. The number of allylic oxidation sites excluding steroid dienone is 8. The molecule has 0 aromatic heterocycles. The van der Waals surface area contributed by atoms with Crippen molar-refractivity contribution in [1.82, 2.24) is 4.90 Å². The predicted molar refractivity (Wildman–Crippen MR) is 193 cm³/mol. The molecule has 17 aliphatic rings. The molecule has 0 N–H and O–H groups in total. The first kappa shape index (κ1) is 25.7. The lowest BCUT2D eigenvalue weighted by Crippen LogP contribution is -2.56. The lowest BCUT2D eigenvalue weighted by atomic mass is 9.44. The number of hydrogen-bond donors (Lipinski definition) is 0. The Morgan fingerprint density at radius 1 is 0.686 bits per heavy atom. The highest BCUT2D eigenvalue weighted by atomic mass is 16.5. The molecule has 0 radical (unpaired) electrons. The minimum absolute atomic E-state index is 0.290. The van der Waals surface area contributed by atoms with Crippen molar-refractivity contribution in [3.05, 3.63) is 86.6 Å². The number of benzene rings is 1. The Hall–Kier alpha value is -2.32. The van der Waals surface area contributed by atoms with Gasteiger partial charge < -0.3 is 4.74 Å². The van der Waals surface area contributed by atoms with Gasteiger partial charge in [0.05, 0.1) is 7.11 Å². The van der Waals surface area contributed by atoms with Crippen LogP contribution in [0.1, 0.15) is 50.1 Å². The van der Waals surface area contributed by atoms with Gasteiger partial charge in [-0.25, -0.2) is 0 Å². The smallest absolute Gasteiger partial charge is 0.118 e. The zero-order valence-electron chi connectivity index (χ0n) is 30.0. The van der Waals surface area contributed by atoms with E-state index in [1.54, 1.807) is 12.0 Å². The van der Waals surface area contributed by atoms with Crippen molar-refractivity contribution in [3.63, 3.8) is 0 Å². The van der Waals surface area contributed by atoms with Crippen LogP contribution in [0, 0.1) is 136 Å². The number of methoxy groups -OCH3 is 1. The first-order valence-electron chi connectivity index (χ1n) is 22.1. The van der Waals surface area contributed by atoms with E-state index in [9.17, 15) is 0 Å². The Balaban J connectivity index is 0.995. The molecule has 0 amide bonds. The minimum Gasteiger partial charge on any atom is -0.497 e. The molecule has 1 aromatic carbocycles. The second-order valence-electron chi connectivity index (χ2n) is 22.6. The number of fused-ring (bicyclic) bond motifs is 1. The number of nitrogens with zero attached hydrogens (tertiary/aromatic N) is 1. The summed E-state index contributed by atoms with van der Waals surface area (Å²) in [6.07, 6.45) is 15.1. The number of likely N-dealkylation sites (tertiary alicyclic amines) is 1. The van der Waals surface area contributed by atoms with E-state index in [1.807, 2.05) is 18.3 Å². The maximum absolute atomic E-state index is 5.75. The number of rotatable bonds is 2. The fraction of sp³-hybridized carbons (Fsp3) is 0.673. The lowest BCUT2D eigenvalue weighted by Gasteiger charge is -2.60. The first-order chi connectivity index (χ1) is 25.2. The fourth-order valence-corrected chi connectivity index (χ4v) is 23.6. The zero-order valence-corrected chi connectivity index (χ0v) is 30.0. The molecule has 2 nitrogen and oxygen atoms in total. The molecule has 1 saturated heterocycles. The van der Waals surface area contributed by atoms with E-state index >= 15 is 0 Å². The van der Waals surface area contributed by atoms with Gasteiger partial charge in [-0.1, -0.05) is 57.7 Å². The Labute approximate surface area is 301 Å². The minimum atomic E-state index is 0.290. The first-order valence-corrected chi connectivity index (χ1v) is 22.1. The molecule has 10 saturated carbocycles. The summed E-state index contributed by atoms with van der Waals surface area (Å²) in [4.78, 5) is 2.90. The van der Waals surface area contributed by atoms with Crippen molar-refractivity contribution in [2.45, 2.75) is 44.6 Å². The normalized spacial score (nSPS) is 64.7. The summed E-state index contributed by atoms with van der Waals surface area (Å²) in [5.41, 5.74) is 18.6. The van der Waals surface area contributed by atoms with Crippen molar-refractivity contribution in [1.29, 1.82) is 0 Å². The van der Waals surface area contributed by atoms with Crippen molar-refractivity contribution in [3.8, 4) is 5.75 Å². The highest BCUT2D eigenvalue weighted by molar-refractivity contribution is 5.68. The van der Waals surface area contributed by atoms with Crippen LogP contribution in [0.15, 0.2) is 81.0 Å². The summed E-state index contributed by atoms with van der Waals surface area (Å²) >= 11 is 0. The summed E-state index contributed by atoms with van der Waals surface area (Å²) in [5, 5.41) is 0. The molecule has 18 rings (SSSR count). The number of hydrogen-bond acceptors (Lipinski definition) is 2. The van der Waals surface area contributed by atoms with Gasteiger partial charge in [0.1, 0.15) is 5.75 Å². The van der Waals surface area contributed by atoms with Crippen LogP contribution >= 0.6 is 0 Å². The van der Waals surface area contributed by atoms with Gasteiger partial charge in [0, 0.05) is 29.8 Å². The quantitative estimate of drug-likeness (QED) is 0.293. The molecule has 2 heteroatoms. The van der Waals surface area contributed by atoms with E-state index < -0.39 is 0 Å². The van der Waals surface area contributed by atoms with Crippen LogP contribution in [0.25, 0.3) is 0 Å². The largest absolute Gasteiger partial charge is 0.497 e. The van der Waals surface area contributed by atoms with Gasteiger partial charge in [-0.05, 0) is 193 Å². The number of ether oxygens (including phenoxy) is 1. The van der Waals surface area contributed by atoms with Crippen LogP contribution in [-0.2, 0) is 0 Å². The molecule has 1 aliphatic heterocycles. The third-order valence-corrected chi connectivity index (χ3v) is 22.7. The van der Waals surface area contributed by atoms with E-state index in [1.165, 1.54) is 38.6 Å². The van der Waals surface area contributed by atoms with Gasteiger partial charge in [-0.2, -0.15) is 0 Å². The van der Waals surface area contributed by atoms with Gasteiger partial charge in [-0.3, -0.25) is 4.90 Å². The van der Waals surface area contributed by atoms with E-state index in [2.05, 4.69) is 81.8 Å². The third kappa shape index (κ3) is 2.12. The van der Waals surface area contributed by atoms with Gasteiger partial charge in [-0.15, -0.1) is 0 Å². The molecule has 51 heavy (non-hydrogen) atoms. The summed E-state index contributed by atoms with van der Waals surface area (Å²) in [6, 6.07) is 10.1. The van der Waals surface area contributed by atoms with E-state index in [4.69, 9.17) is 4.74 Å². The maximum atomic E-state index is 5.75. The zero-order chi connectivity index (χ0) is 32.0. The molecule has 0 bridgehead atoms. The highest BCUT2D eigenvalue weighted by Crippen LogP contribution is 2.91. The maximum Gasteiger partial charge on any atom is 0.118 e. The Bertz CT molecular complexity index is 2230. The highest BCUT2D eigenvalue weighted by Gasteiger charge is 2.85. The van der Waals surface area contributed by atoms with Crippen molar-refractivity contribution in [2.75, 3.05) is 20.7 Å². The van der Waals surface area contributed by atoms with Crippen LogP contribution < -0.4 is 4.74 Å². The third-order valence-electron chi connectivity index (χ3n) is 22.7. The van der Waals surface area contributed by atoms with Crippen molar-refractivity contribution >= 4 is 0 Å². The van der Waals surface area contributed by atoms with Gasteiger partial charge in [0.25, 0.3) is 0 Å². The Morgan fingerprint density at radius 2 is 1.43 bits per heavy atom. The second kappa shape index (κ2) is 7.25.